The second-order valence-electron chi connectivity index (χ2n) is 13.0. The van der Waals surface area contributed by atoms with Crippen molar-refractivity contribution in [2.24, 2.45) is 0 Å². The van der Waals surface area contributed by atoms with Crippen molar-refractivity contribution in [2.75, 3.05) is 0 Å². The van der Waals surface area contributed by atoms with E-state index >= 15 is 0 Å². The number of alkyl halides is 3. The predicted octanol–water partition coefficient (Wildman–Crippen LogP) is 12.2. The number of aromatic nitrogens is 2. The molecule has 0 unspecified atom stereocenters. The molecule has 7 heteroatoms. The van der Waals surface area contributed by atoms with Gasteiger partial charge in [-0.25, -0.2) is 4.85 Å². The Morgan fingerprint density at radius 1 is 0.620 bits per heavy atom. The van der Waals surface area contributed by atoms with Crippen LogP contribution in [0.3, 0.4) is 0 Å². The summed E-state index contributed by atoms with van der Waals surface area (Å²) in [6.45, 7) is 16.0. The van der Waals surface area contributed by atoms with Crippen molar-refractivity contribution >= 4 is 49.3 Å². The first kappa shape index (κ1) is 31.0. The average molecular weight is 659 g/mol. The molecule has 8 rings (SSSR count). The lowest BCUT2D eigenvalue weighted by Gasteiger charge is -2.22. The first-order valence-electron chi connectivity index (χ1n) is 16.2. The minimum atomic E-state index is -4.75. The third kappa shape index (κ3) is 4.59. The Kier molecular flexibility index (Phi) is 6.89. The molecule has 0 saturated heterocycles. The largest absolute Gasteiger partial charge is 0.415 e. The fourth-order valence-electron chi connectivity index (χ4n) is 7.47. The van der Waals surface area contributed by atoms with Gasteiger partial charge in [0.05, 0.1) is 45.6 Å². The molecular weight excluding hydrogens is 629 g/mol. The number of hydrogen-bond acceptors (Lipinski definition) is 1. The van der Waals surface area contributed by atoms with E-state index < -0.39 is 11.7 Å². The van der Waals surface area contributed by atoms with Gasteiger partial charge in [0.1, 0.15) is 11.6 Å². The van der Waals surface area contributed by atoms with Crippen LogP contribution in [0.15, 0.2) is 103 Å². The number of halogens is 3. The zero-order valence-electron chi connectivity index (χ0n) is 27.7. The lowest BCUT2D eigenvalue weighted by Crippen LogP contribution is -2.10. The summed E-state index contributed by atoms with van der Waals surface area (Å²) < 4.78 is 48.5. The minimum absolute atomic E-state index is 0.145. The van der Waals surface area contributed by atoms with Gasteiger partial charge in [0.15, 0.2) is 5.69 Å². The average Bonchev–Trinajstić information content (AvgIpc) is 3.57. The van der Waals surface area contributed by atoms with E-state index in [9.17, 15) is 18.4 Å². The van der Waals surface area contributed by atoms with Gasteiger partial charge < -0.3 is 9.13 Å². The first-order valence-corrected chi connectivity index (χ1v) is 16.2. The Morgan fingerprint density at radius 3 is 1.50 bits per heavy atom. The molecule has 2 heterocycles. The summed E-state index contributed by atoms with van der Waals surface area (Å²) in [6.07, 6.45) is -4.75. The van der Waals surface area contributed by atoms with Crippen molar-refractivity contribution in [1.29, 1.82) is 5.26 Å². The maximum atomic E-state index is 14.8. The van der Waals surface area contributed by atoms with Crippen molar-refractivity contribution in [3.05, 3.63) is 148 Å². The molecule has 8 aromatic rings. The molecule has 0 aliphatic heterocycles. The monoisotopic (exact) mass is 658 g/mol. The highest BCUT2D eigenvalue weighted by Crippen LogP contribution is 2.48. The summed E-state index contributed by atoms with van der Waals surface area (Å²) in [5.41, 5.74) is 7.28. The highest BCUT2D eigenvalue weighted by molar-refractivity contribution is 6.12. The molecule has 242 valence electrons. The van der Waals surface area contributed by atoms with Gasteiger partial charge in [-0.1, -0.05) is 70.8 Å². The van der Waals surface area contributed by atoms with Crippen LogP contribution in [0.25, 0.3) is 71.0 Å². The molecule has 50 heavy (non-hydrogen) atoms. The van der Waals surface area contributed by atoms with Crippen molar-refractivity contribution in [2.45, 2.75) is 33.9 Å². The van der Waals surface area contributed by atoms with E-state index in [1.807, 2.05) is 85.4 Å². The van der Waals surface area contributed by atoms with E-state index in [-0.39, 0.29) is 28.1 Å². The first-order chi connectivity index (χ1) is 24.0. The zero-order chi connectivity index (χ0) is 35.1. The Labute approximate surface area is 286 Å². The van der Waals surface area contributed by atoms with Crippen LogP contribution in [-0.2, 0) is 6.18 Å². The highest BCUT2D eigenvalue weighted by atomic mass is 19.4. The highest BCUT2D eigenvalue weighted by Gasteiger charge is 2.36. The fraction of sp³-hybridized carbons (Fsp3) is 0.116. The van der Waals surface area contributed by atoms with E-state index in [2.05, 4.69) is 35.2 Å². The molecule has 0 spiro atoms. The number of benzene rings is 6. The van der Waals surface area contributed by atoms with E-state index in [4.69, 9.17) is 6.57 Å². The Balaban J connectivity index is 1.62. The summed E-state index contributed by atoms with van der Waals surface area (Å²) in [4.78, 5) is 3.57. The van der Waals surface area contributed by atoms with Crippen LogP contribution >= 0.6 is 0 Å². The number of fused-ring (bicyclic) bond motifs is 6. The van der Waals surface area contributed by atoms with E-state index in [0.717, 1.165) is 71.9 Å². The molecule has 0 N–H and O–H groups in total. The van der Waals surface area contributed by atoms with Crippen LogP contribution in [0.5, 0.6) is 0 Å². The number of nitriles is 1. The maximum absolute atomic E-state index is 14.8. The summed E-state index contributed by atoms with van der Waals surface area (Å²) in [5.74, 6) is 0. The molecule has 0 radical (unpaired) electrons. The van der Waals surface area contributed by atoms with Crippen LogP contribution in [0.4, 0.5) is 18.9 Å². The third-order valence-corrected chi connectivity index (χ3v) is 9.62. The standard InChI is InChI=1S/C43H29F3N4/c1-24-9-14-36-29(19-24)30-20-25(2)10-15-37(30)49(36)40-18-13-28(41-34(43(44,45)46)7-6-8-35(41)48-5)42(33(40)23-47)50-38-16-11-26(3)21-31(38)32-22-27(4)12-17-39(32)50/h6-22H,1-4H3. The van der Waals surface area contributed by atoms with Crippen molar-refractivity contribution in [1.82, 2.24) is 9.13 Å². The summed E-state index contributed by atoms with van der Waals surface area (Å²) >= 11 is 0. The van der Waals surface area contributed by atoms with Gasteiger partial charge in [-0.15, -0.1) is 0 Å². The molecule has 4 nitrogen and oxygen atoms in total. The molecule has 6 aromatic carbocycles. The zero-order valence-corrected chi connectivity index (χ0v) is 27.7. The molecular formula is C43H29F3N4. The SMILES string of the molecule is [C-]#[N+]c1cccc(C(F)(F)F)c1-c1ccc(-n2c3ccc(C)cc3c3cc(C)ccc32)c(C#N)c1-n1c2ccc(C)cc2c2cc(C)ccc21. The van der Waals surface area contributed by atoms with E-state index in [0.29, 0.717) is 5.69 Å². The lowest BCUT2D eigenvalue weighted by molar-refractivity contribution is -0.137. The van der Waals surface area contributed by atoms with Gasteiger partial charge in [0, 0.05) is 27.1 Å². The molecule has 2 aromatic heterocycles. The van der Waals surface area contributed by atoms with Crippen LogP contribution < -0.4 is 0 Å². The van der Waals surface area contributed by atoms with Gasteiger partial charge in [0.2, 0.25) is 0 Å². The van der Waals surface area contributed by atoms with Crippen LogP contribution in [0.2, 0.25) is 0 Å². The minimum Gasteiger partial charge on any atom is -0.308 e. The van der Waals surface area contributed by atoms with Crippen molar-refractivity contribution < 1.29 is 13.2 Å². The number of nitrogens with zero attached hydrogens (tertiary/aromatic N) is 4. The van der Waals surface area contributed by atoms with Gasteiger partial charge in [-0.05, 0) is 87.9 Å². The van der Waals surface area contributed by atoms with E-state index in [1.54, 1.807) is 12.1 Å². The number of rotatable bonds is 3. The van der Waals surface area contributed by atoms with Gasteiger partial charge in [0.25, 0.3) is 0 Å². The van der Waals surface area contributed by atoms with Crippen LogP contribution in [0.1, 0.15) is 33.4 Å². The van der Waals surface area contributed by atoms with E-state index in [1.165, 1.54) is 12.1 Å². The smallest absolute Gasteiger partial charge is 0.308 e. The molecule has 0 saturated carbocycles. The molecule has 0 amide bonds. The van der Waals surface area contributed by atoms with Gasteiger partial charge in [-0.3, -0.25) is 0 Å². The van der Waals surface area contributed by atoms with Crippen LogP contribution in [0, 0.1) is 45.6 Å². The predicted molar refractivity (Wildman–Crippen MR) is 195 cm³/mol. The van der Waals surface area contributed by atoms with Crippen molar-refractivity contribution in [3.63, 3.8) is 0 Å². The molecule has 0 aliphatic carbocycles. The number of hydrogen-bond donors (Lipinski definition) is 0. The van der Waals surface area contributed by atoms with Crippen LogP contribution in [-0.4, -0.2) is 9.13 Å². The molecule has 0 fully saturated rings. The summed E-state index contributed by atoms with van der Waals surface area (Å²) in [5, 5.41) is 15.1. The normalized spacial score (nSPS) is 11.9. The molecule has 0 bridgehead atoms. The molecule has 0 atom stereocenters. The summed E-state index contributed by atoms with van der Waals surface area (Å²) in [6, 6.07) is 33.8. The fourth-order valence-corrected chi connectivity index (χ4v) is 7.47. The quantitative estimate of drug-likeness (QED) is 0.174. The maximum Gasteiger partial charge on any atom is 0.415 e. The summed E-state index contributed by atoms with van der Waals surface area (Å²) in [7, 11) is 0. The van der Waals surface area contributed by atoms with Gasteiger partial charge in [-0.2, -0.15) is 18.4 Å². The second-order valence-corrected chi connectivity index (χ2v) is 13.0. The van der Waals surface area contributed by atoms with Crippen molar-refractivity contribution in [3.8, 4) is 28.6 Å². The van der Waals surface area contributed by atoms with Gasteiger partial charge >= 0.3 is 6.18 Å². The Bertz CT molecular complexity index is 2700. The Hall–Kier alpha value is -6.31. The second kappa shape index (κ2) is 11.1. The Morgan fingerprint density at radius 2 is 1.08 bits per heavy atom. The topological polar surface area (TPSA) is 38.0 Å². The number of aryl methyl sites for hydroxylation is 4. The lowest BCUT2D eigenvalue weighted by atomic mass is 9.92. The molecule has 0 aliphatic rings. The third-order valence-electron chi connectivity index (χ3n) is 9.62.